The highest BCUT2D eigenvalue weighted by molar-refractivity contribution is 5.97. The maximum Gasteiger partial charge on any atom is 0.328 e. The average molecular weight is 288 g/mol. The average Bonchev–Trinajstić information content (AvgIpc) is 2.44. The van der Waals surface area contributed by atoms with Crippen LogP contribution >= 0.6 is 0 Å². The standard InChI is InChI=1S/C16H20N2O3/c1-10-5-11(2)7-13(6-10)15(19)18-14(16(20)21-4)8-12(3)9-17/h5-7,12,14H,8H2,1-4H3,(H,18,19)/t12-,14+/m1/s1. The van der Waals surface area contributed by atoms with Crippen molar-refractivity contribution in [3.63, 3.8) is 0 Å². The van der Waals surface area contributed by atoms with E-state index in [2.05, 4.69) is 10.1 Å². The van der Waals surface area contributed by atoms with Crippen LogP contribution in [0.5, 0.6) is 0 Å². The van der Waals surface area contributed by atoms with Gasteiger partial charge in [0.05, 0.1) is 13.2 Å². The number of carbonyl (C=O) groups excluding carboxylic acids is 2. The molecule has 1 aromatic rings. The zero-order valence-electron chi connectivity index (χ0n) is 12.8. The number of esters is 1. The summed E-state index contributed by atoms with van der Waals surface area (Å²) < 4.78 is 4.68. The summed E-state index contributed by atoms with van der Waals surface area (Å²) >= 11 is 0. The Labute approximate surface area is 124 Å². The Morgan fingerprint density at radius 2 is 1.86 bits per heavy atom. The minimum atomic E-state index is -0.821. The van der Waals surface area contributed by atoms with Crippen molar-refractivity contribution >= 4 is 11.9 Å². The molecule has 1 amide bonds. The molecule has 1 aromatic carbocycles. The predicted molar refractivity (Wildman–Crippen MR) is 78.6 cm³/mol. The van der Waals surface area contributed by atoms with Crippen molar-refractivity contribution in [2.45, 2.75) is 33.2 Å². The van der Waals surface area contributed by atoms with Crippen LogP contribution in [0, 0.1) is 31.1 Å². The van der Waals surface area contributed by atoms with Crippen molar-refractivity contribution in [3.05, 3.63) is 34.9 Å². The van der Waals surface area contributed by atoms with Gasteiger partial charge in [-0.3, -0.25) is 4.79 Å². The summed E-state index contributed by atoms with van der Waals surface area (Å²) in [6.45, 7) is 5.50. The van der Waals surface area contributed by atoms with Gasteiger partial charge in [-0.25, -0.2) is 4.79 Å². The van der Waals surface area contributed by atoms with Gasteiger partial charge in [0.2, 0.25) is 0 Å². The van der Waals surface area contributed by atoms with Crippen LogP contribution in [0.25, 0.3) is 0 Å². The third-order valence-corrected chi connectivity index (χ3v) is 3.08. The lowest BCUT2D eigenvalue weighted by Gasteiger charge is -2.17. The molecule has 0 aliphatic heterocycles. The van der Waals surface area contributed by atoms with Gasteiger partial charge in [-0.05, 0) is 39.3 Å². The molecule has 0 aromatic heterocycles. The molecule has 0 unspecified atom stereocenters. The third-order valence-electron chi connectivity index (χ3n) is 3.08. The highest BCUT2D eigenvalue weighted by Crippen LogP contribution is 2.11. The Bertz CT molecular complexity index is 555. The molecule has 1 N–H and O–H groups in total. The highest BCUT2D eigenvalue weighted by Gasteiger charge is 2.24. The fourth-order valence-electron chi connectivity index (χ4n) is 2.11. The molecule has 2 atom stereocenters. The summed E-state index contributed by atoms with van der Waals surface area (Å²) in [5.74, 6) is -1.24. The molecule has 112 valence electrons. The Kier molecular flexibility index (Phi) is 5.92. The Hall–Kier alpha value is -2.35. The van der Waals surface area contributed by atoms with Crippen molar-refractivity contribution in [1.82, 2.24) is 5.32 Å². The van der Waals surface area contributed by atoms with E-state index in [4.69, 9.17) is 5.26 Å². The van der Waals surface area contributed by atoms with Crippen LogP contribution in [-0.2, 0) is 9.53 Å². The van der Waals surface area contributed by atoms with Crippen LogP contribution in [0.4, 0.5) is 0 Å². The largest absolute Gasteiger partial charge is 0.467 e. The van der Waals surface area contributed by atoms with E-state index in [1.165, 1.54) is 7.11 Å². The van der Waals surface area contributed by atoms with Gasteiger partial charge in [0.25, 0.3) is 5.91 Å². The van der Waals surface area contributed by atoms with Gasteiger partial charge < -0.3 is 10.1 Å². The first-order valence-corrected chi connectivity index (χ1v) is 6.74. The van der Waals surface area contributed by atoms with Crippen LogP contribution in [0.3, 0.4) is 0 Å². The van der Waals surface area contributed by atoms with Crippen LogP contribution in [0.1, 0.15) is 34.8 Å². The van der Waals surface area contributed by atoms with Crippen molar-refractivity contribution < 1.29 is 14.3 Å². The number of hydrogen-bond acceptors (Lipinski definition) is 4. The lowest BCUT2D eigenvalue weighted by molar-refractivity contribution is -0.143. The van der Waals surface area contributed by atoms with E-state index in [0.717, 1.165) is 11.1 Å². The molecular formula is C16H20N2O3. The molecule has 0 fully saturated rings. The fourth-order valence-corrected chi connectivity index (χ4v) is 2.11. The molecule has 5 nitrogen and oxygen atoms in total. The molecule has 21 heavy (non-hydrogen) atoms. The van der Waals surface area contributed by atoms with Gasteiger partial charge in [0.15, 0.2) is 0 Å². The second-order valence-corrected chi connectivity index (χ2v) is 5.19. The summed E-state index contributed by atoms with van der Waals surface area (Å²) in [7, 11) is 1.26. The van der Waals surface area contributed by atoms with E-state index in [9.17, 15) is 9.59 Å². The van der Waals surface area contributed by atoms with Crippen molar-refractivity contribution in [1.29, 1.82) is 5.26 Å². The first-order valence-electron chi connectivity index (χ1n) is 6.74. The smallest absolute Gasteiger partial charge is 0.328 e. The third kappa shape index (κ3) is 4.92. The summed E-state index contributed by atoms with van der Waals surface area (Å²) in [6, 6.07) is 6.70. The summed E-state index contributed by atoms with van der Waals surface area (Å²) in [4.78, 5) is 24.0. The second kappa shape index (κ2) is 7.44. The Morgan fingerprint density at radius 3 is 2.33 bits per heavy atom. The molecule has 0 aliphatic rings. The molecule has 0 saturated heterocycles. The molecular weight excluding hydrogens is 268 g/mol. The van der Waals surface area contributed by atoms with Crippen LogP contribution in [0.15, 0.2) is 18.2 Å². The normalized spacial score (nSPS) is 12.9. The zero-order valence-corrected chi connectivity index (χ0v) is 12.8. The number of nitriles is 1. The number of carbonyl (C=O) groups is 2. The number of ether oxygens (including phenoxy) is 1. The summed E-state index contributed by atoms with van der Waals surface area (Å²) in [5, 5.41) is 11.5. The summed E-state index contributed by atoms with van der Waals surface area (Å²) in [6.07, 6.45) is 0.222. The minimum absolute atomic E-state index is 0.222. The quantitative estimate of drug-likeness (QED) is 0.842. The lowest BCUT2D eigenvalue weighted by atomic mass is 10.0. The van der Waals surface area contributed by atoms with Gasteiger partial charge in [-0.2, -0.15) is 5.26 Å². The van der Waals surface area contributed by atoms with E-state index in [1.807, 2.05) is 26.0 Å². The van der Waals surface area contributed by atoms with E-state index in [0.29, 0.717) is 5.56 Å². The van der Waals surface area contributed by atoms with E-state index in [-0.39, 0.29) is 18.2 Å². The van der Waals surface area contributed by atoms with Gasteiger partial charge in [-0.1, -0.05) is 17.2 Å². The van der Waals surface area contributed by atoms with Crippen molar-refractivity contribution in [2.24, 2.45) is 5.92 Å². The second-order valence-electron chi connectivity index (χ2n) is 5.19. The van der Waals surface area contributed by atoms with Gasteiger partial charge in [-0.15, -0.1) is 0 Å². The Morgan fingerprint density at radius 1 is 1.29 bits per heavy atom. The fraction of sp³-hybridized carbons (Fsp3) is 0.438. The molecule has 0 radical (unpaired) electrons. The zero-order chi connectivity index (χ0) is 16.0. The number of nitrogens with one attached hydrogen (secondary N) is 1. The molecule has 0 bridgehead atoms. The highest BCUT2D eigenvalue weighted by atomic mass is 16.5. The van der Waals surface area contributed by atoms with Crippen LogP contribution in [0.2, 0.25) is 0 Å². The number of aryl methyl sites for hydroxylation is 2. The number of rotatable bonds is 5. The molecule has 0 aliphatic carbocycles. The SMILES string of the molecule is COC(=O)[C@H](C[C@@H](C)C#N)NC(=O)c1cc(C)cc(C)c1. The topological polar surface area (TPSA) is 79.2 Å². The first-order chi connectivity index (χ1) is 9.87. The van der Waals surface area contributed by atoms with E-state index in [1.54, 1.807) is 19.1 Å². The molecule has 0 saturated carbocycles. The van der Waals surface area contributed by atoms with Gasteiger partial charge >= 0.3 is 5.97 Å². The number of hydrogen-bond donors (Lipinski definition) is 1. The van der Waals surface area contributed by atoms with Gasteiger partial charge in [0.1, 0.15) is 6.04 Å². The van der Waals surface area contributed by atoms with E-state index < -0.39 is 12.0 Å². The molecule has 1 rings (SSSR count). The maximum absolute atomic E-state index is 12.2. The molecule has 5 heteroatoms. The maximum atomic E-state index is 12.2. The number of nitrogens with zero attached hydrogens (tertiary/aromatic N) is 1. The van der Waals surface area contributed by atoms with E-state index >= 15 is 0 Å². The minimum Gasteiger partial charge on any atom is -0.467 e. The van der Waals surface area contributed by atoms with Crippen LogP contribution in [-0.4, -0.2) is 25.0 Å². The first kappa shape index (κ1) is 16.7. The summed E-state index contributed by atoms with van der Waals surface area (Å²) in [5.41, 5.74) is 2.44. The number of methoxy groups -OCH3 is 1. The number of amides is 1. The Balaban J connectivity index is 2.89. The van der Waals surface area contributed by atoms with Crippen molar-refractivity contribution in [2.75, 3.05) is 7.11 Å². The lowest BCUT2D eigenvalue weighted by Crippen LogP contribution is -2.42. The molecule has 0 heterocycles. The monoisotopic (exact) mass is 288 g/mol. The number of benzene rings is 1. The van der Waals surface area contributed by atoms with Crippen molar-refractivity contribution in [3.8, 4) is 6.07 Å². The van der Waals surface area contributed by atoms with Crippen LogP contribution < -0.4 is 5.32 Å². The van der Waals surface area contributed by atoms with Gasteiger partial charge in [0, 0.05) is 11.5 Å². The molecule has 0 spiro atoms. The predicted octanol–water partition coefficient (Wildman–Crippen LogP) is 2.12.